The average Bonchev–Trinajstić information content (AvgIpc) is 2.99. The van der Waals surface area contributed by atoms with Gasteiger partial charge in [-0.15, -0.1) is 0 Å². The Hall–Kier alpha value is -2.34. The first-order valence-corrected chi connectivity index (χ1v) is 10.2. The van der Waals surface area contributed by atoms with Crippen molar-refractivity contribution in [3.63, 3.8) is 0 Å². The summed E-state index contributed by atoms with van der Waals surface area (Å²) in [6.45, 7) is 11.2. The van der Waals surface area contributed by atoms with Crippen molar-refractivity contribution in [1.82, 2.24) is 19.9 Å². The second-order valence-electron chi connectivity index (χ2n) is 8.71. The molecule has 4 heterocycles. The summed E-state index contributed by atoms with van der Waals surface area (Å²) in [6.07, 6.45) is 6.35. The quantitative estimate of drug-likeness (QED) is 0.817. The fourth-order valence-corrected chi connectivity index (χ4v) is 4.56. The molecule has 0 aromatic carbocycles. The number of hydrogen-bond acceptors (Lipinski definition) is 5. The van der Waals surface area contributed by atoms with Crippen LogP contribution in [0, 0.1) is 6.92 Å². The molecule has 6 nitrogen and oxygen atoms in total. The zero-order chi connectivity index (χ0) is 19.9. The number of hydrogen-bond donors (Lipinski definition) is 0. The van der Waals surface area contributed by atoms with Crippen molar-refractivity contribution in [2.24, 2.45) is 0 Å². The first-order chi connectivity index (χ1) is 13.4. The van der Waals surface area contributed by atoms with E-state index in [1.54, 1.807) is 0 Å². The van der Waals surface area contributed by atoms with Gasteiger partial charge in [-0.3, -0.25) is 19.6 Å². The number of carbonyl (C=O) groups excluding carboxylic acids is 1. The lowest BCUT2D eigenvalue weighted by Gasteiger charge is -2.39. The van der Waals surface area contributed by atoms with Crippen LogP contribution in [0.2, 0.25) is 0 Å². The number of fused-ring (bicyclic) bond motifs is 1. The van der Waals surface area contributed by atoms with Crippen LogP contribution >= 0.6 is 0 Å². The summed E-state index contributed by atoms with van der Waals surface area (Å²) in [5.74, 6) is 1.83. The second kappa shape index (κ2) is 7.24. The molecule has 1 amide bonds. The van der Waals surface area contributed by atoms with Crippen LogP contribution in [-0.2, 0) is 23.2 Å². The van der Waals surface area contributed by atoms with Gasteiger partial charge < -0.3 is 0 Å². The smallest absolute Gasteiger partial charge is 0.233 e. The first-order valence-electron chi connectivity index (χ1n) is 10.2. The van der Waals surface area contributed by atoms with Gasteiger partial charge in [0.1, 0.15) is 11.6 Å². The molecule has 2 aromatic heterocycles. The van der Waals surface area contributed by atoms with Crippen LogP contribution in [0.15, 0.2) is 24.5 Å². The molecule has 0 radical (unpaired) electrons. The van der Waals surface area contributed by atoms with E-state index >= 15 is 0 Å². The van der Waals surface area contributed by atoms with Gasteiger partial charge in [-0.05, 0) is 51.8 Å². The number of anilines is 1. The molecule has 0 unspecified atom stereocenters. The highest BCUT2D eigenvalue weighted by Gasteiger charge is 2.39. The first kappa shape index (κ1) is 19.0. The minimum atomic E-state index is -0.117. The standard InChI is InChI=1S/C22H29N5O/c1-15(2)27-19(28)11-18-16(3)24-21(25-20(18)27)22(4)8-6-10-26(14-22)13-17-7-5-9-23-12-17/h5,7,9,12,15H,6,8,10-11,13-14H2,1-4H3/t22-/m0/s1. The lowest BCUT2D eigenvalue weighted by Crippen LogP contribution is -2.45. The van der Waals surface area contributed by atoms with Crippen LogP contribution in [-0.4, -0.2) is 44.9 Å². The Morgan fingerprint density at radius 2 is 2.11 bits per heavy atom. The average molecular weight is 380 g/mol. The van der Waals surface area contributed by atoms with Crippen LogP contribution in [0.1, 0.15) is 56.3 Å². The van der Waals surface area contributed by atoms with Gasteiger partial charge in [0, 0.05) is 48.2 Å². The Bertz CT molecular complexity index is 882. The molecule has 2 aliphatic heterocycles. The molecule has 0 N–H and O–H groups in total. The largest absolute Gasteiger partial charge is 0.298 e. The van der Waals surface area contributed by atoms with Crippen LogP contribution in [0.3, 0.4) is 0 Å². The van der Waals surface area contributed by atoms with Crippen molar-refractivity contribution in [3.8, 4) is 0 Å². The molecular weight excluding hydrogens is 350 g/mol. The lowest BCUT2D eigenvalue weighted by molar-refractivity contribution is -0.117. The van der Waals surface area contributed by atoms with Crippen molar-refractivity contribution < 1.29 is 4.79 Å². The van der Waals surface area contributed by atoms with Crippen LogP contribution in [0.25, 0.3) is 0 Å². The summed E-state index contributed by atoms with van der Waals surface area (Å²) < 4.78 is 0. The number of amides is 1. The van der Waals surface area contributed by atoms with Gasteiger partial charge in [-0.2, -0.15) is 0 Å². The predicted octanol–water partition coefficient (Wildman–Crippen LogP) is 3.03. The van der Waals surface area contributed by atoms with Crippen molar-refractivity contribution in [3.05, 3.63) is 47.2 Å². The number of piperidine rings is 1. The number of carbonyl (C=O) groups is 1. The van der Waals surface area contributed by atoms with Crippen molar-refractivity contribution in [2.75, 3.05) is 18.0 Å². The number of aryl methyl sites for hydroxylation is 1. The molecule has 0 spiro atoms. The maximum Gasteiger partial charge on any atom is 0.233 e. The van der Waals surface area contributed by atoms with E-state index in [0.29, 0.717) is 6.42 Å². The third-order valence-corrected chi connectivity index (χ3v) is 5.98. The van der Waals surface area contributed by atoms with E-state index in [2.05, 4.69) is 22.9 Å². The van der Waals surface area contributed by atoms with E-state index in [1.165, 1.54) is 5.56 Å². The highest BCUT2D eigenvalue weighted by Crippen LogP contribution is 2.37. The Balaban J connectivity index is 1.63. The summed E-state index contributed by atoms with van der Waals surface area (Å²) >= 11 is 0. The molecule has 148 valence electrons. The minimum Gasteiger partial charge on any atom is -0.298 e. The van der Waals surface area contributed by atoms with Gasteiger partial charge >= 0.3 is 0 Å². The van der Waals surface area contributed by atoms with Gasteiger partial charge in [0.15, 0.2) is 0 Å². The number of aromatic nitrogens is 3. The Morgan fingerprint density at radius 3 is 2.82 bits per heavy atom. The van der Waals surface area contributed by atoms with Crippen molar-refractivity contribution in [2.45, 2.75) is 65.0 Å². The Kier molecular flexibility index (Phi) is 4.91. The fraction of sp³-hybridized carbons (Fsp3) is 0.545. The monoisotopic (exact) mass is 379 g/mol. The molecule has 6 heteroatoms. The second-order valence-corrected chi connectivity index (χ2v) is 8.71. The summed E-state index contributed by atoms with van der Waals surface area (Å²) in [5.41, 5.74) is 3.06. The Morgan fingerprint density at radius 1 is 1.29 bits per heavy atom. The number of likely N-dealkylation sites (tertiary alicyclic amines) is 1. The van der Waals surface area contributed by atoms with Gasteiger partial charge in [-0.1, -0.05) is 13.0 Å². The van der Waals surface area contributed by atoms with E-state index in [0.717, 1.165) is 55.4 Å². The van der Waals surface area contributed by atoms with Gasteiger partial charge in [0.05, 0.1) is 6.42 Å². The zero-order valence-electron chi connectivity index (χ0n) is 17.3. The minimum absolute atomic E-state index is 0.108. The summed E-state index contributed by atoms with van der Waals surface area (Å²) in [4.78, 5) is 30.9. The van der Waals surface area contributed by atoms with E-state index < -0.39 is 0 Å². The normalized spacial score (nSPS) is 22.8. The molecule has 2 aliphatic rings. The number of pyridine rings is 1. The molecule has 28 heavy (non-hydrogen) atoms. The summed E-state index contributed by atoms with van der Waals surface area (Å²) in [7, 11) is 0. The van der Waals surface area contributed by atoms with Gasteiger partial charge in [0.2, 0.25) is 5.91 Å². The highest BCUT2D eigenvalue weighted by molar-refractivity contribution is 6.00. The van der Waals surface area contributed by atoms with Crippen molar-refractivity contribution >= 4 is 11.7 Å². The highest BCUT2D eigenvalue weighted by atomic mass is 16.2. The molecule has 0 aliphatic carbocycles. The lowest BCUT2D eigenvalue weighted by atomic mass is 9.80. The maximum absolute atomic E-state index is 12.5. The molecule has 0 bridgehead atoms. The van der Waals surface area contributed by atoms with Crippen molar-refractivity contribution in [1.29, 1.82) is 0 Å². The van der Waals surface area contributed by atoms with E-state index in [9.17, 15) is 4.79 Å². The molecule has 1 atom stereocenters. The van der Waals surface area contributed by atoms with Crippen LogP contribution < -0.4 is 4.90 Å². The summed E-state index contributed by atoms with van der Waals surface area (Å²) in [6, 6.07) is 4.22. The van der Waals surface area contributed by atoms with E-state index in [4.69, 9.17) is 9.97 Å². The predicted molar refractivity (Wildman–Crippen MR) is 109 cm³/mol. The van der Waals surface area contributed by atoms with E-state index in [1.807, 2.05) is 44.1 Å². The number of rotatable bonds is 4. The SMILES string of the molecule is Cc1nc([C@@]2(C)CCCN(Cc3cccnc3)C2)nc2c1CC(=O)N2C(C)C. The fourth-order valence-electron chi connectivity index (χ4n) is 4.56. The third kappa shape index (κ3) is 3.41. The zero-order valence-corrected chi connectivity index (χ0v) is 17.3. The molecular formula is C22H29N5O. The van der Waals surface area contributed by atoms with Crippen LogP contribution in [0.4, 0.5) is 5.82 Å². The summed E-state index contributed by atoms with van der Waals surface area (Å²) in [5, 5.41) is 0. The van der Waals surface area contributed by atoms with Gasteiger partial charge in [0.25, 0.3) is 0 Å². The third-order valence-electron chi connectivity index (χ3n) is 5.98. The van der Waals surface area contributed by atoms with Gasteiger partial charge in [-0.25, -0.2) is 9.97 Å². The molecule has 2 aromatic rings. The van der Waals surface area contributed by atoms with E-state index in [-0.39, 0.29) is 17.4 Å². The molecule has 4 rings (SSSR count). The molecule has 1 fully saturated rings. The molecule has 1 saturated heterocycles. The number of nitrogens with zero attached hydrogens (tertiary/aromatic N) is 5. The molecule has 0 saturated carbocycles. The topological polar surface area (TPSA) is 62.2 Å². The Labute approximate surface area is 167 Å². The maximum atomic E-state index is 12.5. The van der Waals surface area contributed by atoms with Crippen LogP contribution in [0.5, 0.6) is 0 Å².